The molecule has 0 saturated carbocycles. The Kier molecular flexibility index (Phi) is 5.20. The molecule has 5 rings (SSSR count). The molecule has 0 aliphatic carbocycles. The number of carboxylic acid groups (broad SMARTS) is 1. The van der Waals surface area contributed by atoms with Gasteiger partial charge in [-0.1, -0.05) is 18.2 Å². The number of pyridine rings is 1. The molecule has 184 valence electrons. The van der Waals surface area contributed by atoms with Crippen LogP contribution in [0.3, 0.4) is 0 Å². The predicted molar refractivity (Wildman–Crippen MR) is 124 cm³/mol. The molecule has 2 aliphatic rings. The molecule has 2 aromatic heterocycles. The number of esters is 1. The van der Waals surface area contributed by atoms with Crippen LogP contribution in [0.1, 0.15) is 22.6 Å². The van der Waals surface area contributed by atoms with Gasteiger partial charge in [0.2, 0.25) is 11.8 Å². The summed E-state index contributed by atoms with van der Waals surface area (Å²) in [4.78, 5) is 54.1. The van der Waals surface area contributed by atoms with E-state index in [0.29, 0.717) is 11.5 Å². The lowest BCUT2D eigenvalue weighted by Gasteiger charge is -2.35. The number of nitrogens with two attached hydrogens (primary N) is 1. The number of furan rings is 1. The molecule has 11 nitrogen and oxygen atoms in total. The number of ether oxygens (including phenoxy) is 2. The summed E-state index contributed by atoms with van der Waals surface area (Å²) in [7, 11) is 1.11. The molecule has 4 heterocycles. The minimum absolute atomic E-state index is 0.0151. The van der Waals surface area contributed by atoms with Gasteiger partial charge in [0.15, 0.2) is 0 Å². The van der Waals surface area contributed by atoms with Crippen molar-refractivity contribution >= 4 is 23.5 Å². The van der Waals surface area contributed by atoms with E-state index in [1.54, 1.807) is 43.3 Å². The lowest BCUT2D eigenvalue weighted by Crippen LogP contribution is -2.52. The molecule has 36 heavy (non-hydrogen) atoms. The van der Waals surface area contributed by atoms with Crippen molar-refractivity contribution in [2.45, 2.75) is 18.9 Å². The Hall–Kier alpha value is -4.80. The molecule has 0 bridgehead atoms. The van der Waals surface area contributed by atoms with E-state index < -0.39 is 46.8 Å². The van der Waals surface area contributed by atoms with Crippen LogP contribution in [-0.2, 0) is 31.1 Å². The van der Waals surface area contributed by atoms with Gasteiger partial charge in [-0.2, -0.15) is 0 Å². The fourth-order valence-electron chi connectivity index (χ4n) is 4.98. The van der Waals surface area contributed by atoms with Gasteiger partial charge in [0.25, 0.3) is 5.56 Å². The number of nitrogens with zero attached hydrogens (tertiary/aromatic N) is 2. The lowest BCUT2D eigenvalue weighted by molar-refractivity contribution is -0.138. The zero-order valence-corrected chi connectivity index (χ0v) is 19.3. The number of rotatable bonds is 5. The van der Waals surface area contributed by atoms with Crippen molar-refractivity contribution in [3.8, 4) is 5.75 Å². The molecule has 1 spiro atoms. The average Bonchev–Trinajstić information content (AvgIpc) is 3.43. The van der Waals surface area contributed by atoms with E-state index in [2.05, 4.69) is 0 Å². The molecule has 0 radical (unpaired) electrons. The molecule has 11 heteroatoms. The second kappa shape index (κ2) is 8.15. The van der Waals surface area contributed by atoms with Crippen LogP contribution in [0.15, 0.2) is 69.4 Å². The number of carbonyl (C=O) groups excluding carboxylic acids is 2. The Morgan fingerprint density at radius 2 is 1.92 bits per heavy atom. The van der Waals surface area contributed by atoms with E-state index in [9.17, 15) is 24.3 Å². The highest BCUT2D eigenvalue weighted by molar-refractivity contribution is 6.19. The molecular formula is C25H21N3O8. The molecule has 1 aromatic carbocycles. The van der Waals surface area contributed by atoms with E-state index in [1.165, 1.54) is 16.9 Å². The van der Waals surface area contributed by atoms with Crippen LogP contribution in [0.5, 0.6) is 5.75 Å². The molecule has 1 unspecified atom stereocenters. The predicted octanol–water partition coefficient (Wildman–Crippen LogP) is 1.25. The van der Waals surface area contributed by atoms with Crippen LogP contribution in [0.4, 0.5) is 5.69 Å². The van der Waals surface area contributed by atoms with Gasteiger partial charge in [-0.25, -0.2) is 4.79 Å². The minimum Gasteiger partial charge on any atom is -0.480 e. The van der Waals surface area contributed by atoms with E-state index >= 15 is 0 Å². The van der Waals surface area contributed by atoms with E-state index in [4.69, 9.17) is 19.6 Å². The van der Waals surface area contributed by atoms with Gasteiger partial charge in [0.1, 0.15) is 29.0 Å². The Balaban J connectivity index is 1.89. The molecule has 3 aromatic rings. The second-order valence-corrected chi connectivity index (χ2v) is 8.38. The lowest BCUT2D eigenvalue weighted by atomic mass is 9.68. The van der Waals surface area contributed by atoms with Gasteiger partial charge in [-0.15, -0.1) is 0 Å². The SMILES string of the molecule is COC(=O)C1=C(N)Oc2cc(C)n(Cc3ccco3)c(=O)c2C12C(=O)N(CC(=O)O)c1ccccc12. The number of fused-ring (bicyclic) bond motifs is 4. The smallest absolute Gasteiger partial charge is 0.340 e. The Labute approximate surface area is 203 Å². The first-order chi connectivity index (χ1) is 17.2. The standard InChI is InChI=1S/C25H21N3O8/c1-13-10-17-19(22(31)27(13)11-14-6-5-9-35-14)25(20(21(26)36-17)23(32)34-2)15-7-3-4-8-16(15)28(24(25)33)12-18(29)30/h3-10H,11-12,26H2,1-2H3,(H,29,30). The van der Waals surface area contributed by atoms with Crippen molar-refractivity contribution in [2.75, 3.05) is 18.6 Å². The number of carboxylic acids is 1. The maximum atomic E-state index is 14.2. The first-order valence-electron chi connectivity index (χ1n) is 10.9. The van der Waals surface area contributed by atoms with Gasteiger partial charge in [0.05, 0.1) is 25.5 Å². The zero-order valence-electron chi connectivity index (χ0n) is 19.3. The minimum atomic E-state index is -2.09. The molecule has 3 N–H and O–H groups in total. The van der Waals surface area contributed by atoms with Gasteiger partial charge >= 0.3 is 11.9 Å². The van der Waals surface area contributed by atoms with Crippen LogP contribution >= 0.6 is 0 Å². The van der Waals surface area contributed by atoms with Crippen LogP contribution in [-0.4, -0.2) is 41.2 Å². The summed E-state index contributed by atoms with van der Waals surface area (Å²) in [5, 5.41) is 9.53. The number of aryl methyl sites for hydroxylation is 1. The number of benzene rings is 1. The Bertz CT molecular complexity index is 1520. The molecule has 1 atom stereocenters. The third-order valence-corrected chi connectivity index (χ3v) is 6.43. The number of amides is 1. The van der Waals surface area contributed by atoms with Gasteiger partial charge < -0.3 is 29.3 Å². The average molecular weight is 491 g/mol. The van der Waals surface area contributed by atoms with E-state index in [1.807, 2.05) is 0 Å². The summed E-state index contributed by atoms with van der Waals surface area (Å²) >= 11 is 0. The van der Waals surface area contributed by atoms with Crippen molar-refractivity contribution < 1.29 is 33.4 Å². The summed E-state index contributed by atoms with van der Waals surface area (Å²) in [5.74, 6) is -3.05. The Morgan fingerprint density at radius 3 is 2.58 bits per heavy atom. The largest absolute Gasteiger partial charge is 0.480 e. The highest BCUT2D eigenvalue weighted by Gasteiger charge is 2.62. The van der Waals surface area contributed by atoms with Gasteiger partial charge in [-0.05, 0) is 25.1 Å². The van der Waals surface area contributed by atoms with Gasteiger partial charge in [-0.3, -0.25) is 19.3 Å². The summed E-state index contributed by atoms with van der Waals surface area (Å²) in [6.45, 7) is 1.02. The van der Waals surface area contributed by atoms with Crippen LogP contribution in [0.2, 0.25) is 0 Å². The fraction of sp³-hybridized carbons (Fsp3) is 0.200. The van der Waals surface area contributed by atoms with Crippen molar-refractivity contribution in [3.05, 3.63) is 93.1 Å². The van der Waals surface area contributed by atoms with Crippen LogP contribution in [0, 0.1) is 6.92 Å². The molecule has 2 aliphatic heterocycles. The first-order valence-corrected chi connectivity index (χ1v) is 10.9. The van der Waals surface area contributed by atoms with Crippen LogP contribution in [0.25, 0.3) is 0 Å². The maximum absolute atomic E-state index is 14.2. The van der Waals surface area contributed by atoms with Crippen LogP contribution < -0.4 is 20.9 Å². The summed E-state index contributed by atoms with van der Waals surface area (Å²) < 4.78 is 17.5. The van der Waals surface area contributed by atoms with Crippen molar-refractivity contribution in [1.29, 1.82) is 0 Å². The molecule has 0 saturated heterocycles. The maximum Gasteiger partial charge on any atom is 0.340 e. The number of aromatic nitrogens is 1. The number of carbonyl (C=O) groups is 3. The normalized spacial score (nSPS) is 18.2. The number of aliphatic carboxylic acids is 1. The monoisotopic (exact) mass is 491 g/mol. The number of methoxy groups -OCH3 is 1. The number of anilines is 1. The van der Waals surface area contributed by atoms with E-state index in [-0.39, 0.29) is 29.1 Å². The molecule has 1 amide bonds. The highest BCUT2D eigenvalue weighted by atomic mass is 16.5. The number of hydrogen-bond donors (Lipinski definition) is 2. The van der Waals surface area contributed by atoms with Gasteiger partial charge in [0, 0.05) is 23.0 Å². The summed E-state index contributed by atoms with van der Waals surface area (Å²) in [6.07, 6.45) is 1.47. The molecule has 0 fully saturated rings. The first kappa shape index (κ1) is 23.0. The van der Waals surface area contributed by atoms with Crippen molar-refractivity contribution in [3.63, 3.8) is 0 Å². The number of para-hydroxylation sites is 1. The fourth-order valence-corrected chi connectivity index (χ4v) is 4.98. The third-order valence-electron chi connectivity index (χ3n) is 6.43. The summed E-state index contributed by atoms with van der Waals surface area (Å²) in [6, 6.07) is 11.2. The van der Waals surface area contributed by atoms with Crippen molar-refractivity contribution in [1.82, 2.24) is 4.57 Å². The highest BCUT2D eigenvalue weighted by Crippen LogP contribution is 2.54. The zero-order chi connectivity index (χ0) is 25.8. The topological polar surface area (TPSA) is 154 Å². The van der Waals surface area contributed by atoms with E-state index in [0.717, 1.165) is 12.0 Å². The van der Waals surface area contributed by atoms with Crippen molar-refractivity contribution in [2.24, 2.45) is 5.73 Å². The number of hydrogen-bond acceptors (Lipinski definition) is 8. The molecular weight excluding hydrogens is 470 g/mol. The third kappa shape index (κ3) is 3.05. The second-order valence-electron chi connectivity index (χ2n) is 8.38. The summed E-state index contributed by atoms with van der Waals surface area (Å²) in [5.41, 5.74) is 3.83. The Morgan fingerprint density at radius 1 is 1.17 bits per heavy atom. The quantitative estimate of drug-likeness (QED) is 0.502.